The van der Waals surface area contributed by atoms with E-state index in [2.05, 4.69) is 5.32 Å². The van der Waals surface area contributed by atoms with Gasteiger partial charge in [0.05, 0.1) is 7.11 Å². The van der Waals surface area contributed by atoms with Gasteiger partial charge in [-0.05, 0) is 43.0 Å². The Balaban J connectivity index is 1.42. The molecule has 0 aliphatic heterocycles. The van der Waals surface area contributed by atoms with Crippen LogP contribution in [0.3, 0.4) is 0 Å². The van der Waals surface area contributed by atoms with Gasteiger partial charge in [-0.25, -0.2) is 0 Å². The molecule has 2 aromatic rings. The van der Waals surface area contributed by atoms with Crippen LogP contribution < -0.4 is 14.8 Å². The van der Waals surface area contributed by atoms with E-state index in [1.807, 2.05) is 24.3 Å². The number of nitrogens with one attached hydrogen (secondary N) is 1. The summed E-state index contributed by atoms with van der Waals surface area (Å²) >= 11 is 0. The molecule has 1 fully saturated rings. The highest BCUT2D eigenvalue weighted by Crippen LogP contribution is 2.28. The molecule has 26 heavy (non-hydrogen) atoms. The van der Waals surface area contributed by atoms with Crippen LogP contribution in [-0.4, -0.2) is 19.6 Å². The largest absolute Gasteiger partial charge is 0.493 e. The minimum atomic E-state index is -0.167. The Morgan fingerprint density at radius 3 is 2.69 bits per heavy atom. The van der Waals surface area contributed by atoms with Gasteiger partial charge >= 0.3 is 0 Å². The van der Waals surface area contributed by atoms with Crippen molar-refractivity contribution in [1.82, 2.24) is 5.32 Å². The number of hydrogen-bond donors (Lipinski definition) is 1. The molecule has 0 saturated heterocycles. The third-order valence-corrected chi connectivity index (χ3v) is 4.87. The van der Waals surface area contributed by atoms with E-state index in [-0.39, 0.29) is 12.5 Å². The summed E-state index contributed by atoms with van der Waals surface area (Å²) in [7, 11) is 1.60. The van der Waals surface area contributed by atoms with Crippen LogP contribution in [0.2, 0.25) is 0 Å². The summed E-state index contributed by atoms with van der Waals surface area (Å²) in [6, 6.07) is 10.9. The molecule has 0 atom stereocenters. The van der Waals surface area contributed by atoms with E-state index in [9.17, 15) is 4.79 Å². The van der Waals surface area contributed by atoms with Gasteiger partial charge in [0.2, 0.25) is 0 Å². The number of rotatable bonds is 9. The van der Waals surface area contributed by atoms with Gasteiger partial charge in [0.15, 0.2) is 17.3 Å². The Morgan fingerprint density at radius 2 is 1.92 bits per heavy atom. The fourth-order valence-electron chi connectivity index (χ4n) is 3.44. The van der Waals surface area contributed by atoms with Crippen molar-refractivity contribution in [1.29, 1.82) is 0 Å². The molecular weight excluding hydrogens is 330 g/mol. The number of methoxy groups -OCH3 is 1. The summed E-state index contributed by atoms with van der Waals surface area (Å²) in [6.45, 7) is 0.943. The van der Waals surface area contributed by atoms with Crippen molar-refractivity contribution in [3.05, 3.63) is 47.9 Å². The number of carbonyl (C=O) groups excluding carboxylic acids is 1. The molecule has 0 spiro atoms. The highest BCUT2D eigenvalue weighted by Gasteiger charge is 2.15. The van der Waals surface area contributed by atoms with Gasteiger partial charge in [-0.15, -0.1) is 0 Å². The zero-order valence-corrected chi connectivity index (χ0v) is 15.3. The van der Waals surface area contributed by atoms with Crippen molar-refractivity contribution in [3.63, 3.8) is 0 Å². The standard InChI is InChI=1S/C21H27NO4/c1-24-18-10-4-5-11-19(18)25-15-17-12-13-20(26-17)21(23)22-14-6-9-16-7-2-3-8-16/h4-5,10-13,16H,2-3,6-9,14-15H2,1H3,(H,22,23). The van der Waals surface area contributed by atoms with Gasteiger partial charge in [-0.1, -0.05) is 37.8 Å². The number of hydrogen-bond acceptors (Lipinski definition) is 4. The molecule has 1 amide bonds. The van der Waals surface area contributed by atoms with Crippen molar-refractivity contribution < 1.29 is 18.7 Å². The summed E-state index contributed by atoms with van der Waals surface area (Å²) in [4.78, 5) is 12.2. The second kappa shape index (κ2) is 9.32. The minimum Gasteiger partial charge on any atom is -0.493 e. The number of furan rings is 1. The molecule has 1 N–H and O–H groups in total. The van der Waals surface area contributed by atoms with Crippen LogP contribution in [-0.2, 0) is 6.61 Å². The maximum atomic E-state index is 12.2. The summed E-state index contributed by atoms with van der Waals surface area (Å²) in [5.41, 5.74) is 0. The second-order valence-electron chi connectivity index (χ2n) is 6.75. The van der Waals surface area contributed by atoms with Crippen molar-refractivity contribution in [2.45, 2.75) is 45.1 Å². The van der Waals surface area contributed by atoms with Crippen molar-refractivity contribution in [2.24, 2.45) is 5.92 Å². The highest BCUT2D eigenvalue weighted by molar-refractivity contribution is 5.91. The summed E-state index contributed by atoms with van der Waals surface area (Å²) < 4.78 is 16.6. The van der Waals surface area contributed by atoms with E-state index in [4.69, 9.17) is 13.9 Å². The van der Waals surface area contributed by atoms with Gasteiger partial charge in [-0.2, -0.15) is 0 Å². The van der Waals surface area contributed by atoms with Gasteiger partial charge in [0.25, 0.3) is 5.91 Å². The zero-order valence-electron chi connectivity index (χ0n) is 15.3. The number of carbonyl (C=O) groups is 1. The smallest absolute Gasteiger partial charge is 0.286 e. The number of ether oxygens (including phenoxy) is 2. The molecule has 1 saturated carbocycles. The first-order chi connectivity index (χ1) is 12.8. The van der Waals surface area contributed by atoms with Crippen LogP contribution in [0.1, 0.15) is 54.8 Å². The van der Waals surface area contributed by atoms with Crippen LogP contribution >= 0.6 is 0 Å². The van der Waals surface area contributed by atoms with Crippen LogP contribution in [0.15, 0.2) is 40.8 Å². The average Bonchev–Trinajstić information content (AvgIpc) is 3.35. The molecule has 1 aromatic carbocycles. The Morgan fingerprint density at radius 1 is 1.15 bits per heavy atom. The van der Waals surface area contributed by atoms with Crippen molar-refractivity contribution in [3.8, 4) is 11.5 Å². The monoisotopic (exact) mass is 357 g/mol. The fraction of sp³-hybridized carbons (Fsp3) is 0.476. The Hall–Kier alpha value is -2.43. The first kappa shape index (κ1) is 18.4. The Labute approximate surface area is 154 Å². The quantitative estimate of drug-likeness (QED) is 0.668. The molecule has 0 radical (unpaired) electrons. The topological polar surface area (TPSA) is 60.7 Å². The predicted molar refractivity (Wildman–Crippen MR) is 99.6 cm³/mol. The molecule has 3 rings (SSSR count). The molecule has 1 aromatic heterocycles. The molecule has 5 heteroatoms. The maximum absolute atomic E-state index is 12.2. The van der Waals surface area contributed by atoms with E-state index in [0.29, 0.717) is 29.6 Å². The lowest BCUT2D eigenvalue weighted by molar-refractivity contribution is 0.0920. The van der Waals surface area contributed by atoms with E-state index in [1.54, 1.807) is 19.2 Å². The van der Waals surface area contributed by atoms with Gasteiger partial charge < -0.3 is 19.2 Å². The third-order valence-electron chi connectivity index (χ3n) is 4.87. The van der Waals surface area contributed by atoms with Crippen LogP contribution in [0.4, 0.5) is 0 Å². The predicted octanol–water partition coefficient (Wildman–Crippen LogP) is 4.57. The first-order valence-corrected chi connectivity index (χ1v) is 9.39. The van der Waals surface area contributed by atoms with Gasteiger partial charge in [-0.3, -0.25) is 4.79 Å². The SMILES string of the molecule is COc1ccccc1OCc1ccc(C(=O)NCCCC2CCCC2)o1. The number of benzene rings is 1. The molecule has 5 nitrogen and oxygen atoms in total. The van der Waals surface area contributed by atoms with E-state index < -0.39 is 0 Å². The summed E-state index contributed by atoms with van der Waals surface area (Å²) in [5, 5.41) is 2.93. The second-order valence-corrected chi connectivity index (χ2v) is 6.75. The average molecular weight is 357 g/mol. The molecule has 1 aliphatic rings. The van der Waals surface area contributed by atoms with E-state index in [0.717, 1.165) is 12.3 Å². The number of para-hydroxylation sites is 2. The summed E-state index contributed by atoms with van der Waals surface area (Å²) in [5.74, 6) is 2.93. The van der Waals surface area contributed by atoms with Gasteiger partial charge in [0.1, 0.15) is 12.4 Å². The third kappa shape index (κ3) is 5.04. The van der Waals surface area contributed by atoms with Crippen LogP contribution in [0.25, 0.3) is 0 Å². The molecule has 1 heterocycles. The molecule has 1 aliphatic carbocycles. The van der Waals surface area contributed by atoms with Crippen molar-refractivity contribution >= 4 is 5.91 Å². The lowest BCUT2D eigenvalue weighted by atomic mass is 10.0. The van der Waals surface area contributed by atoms with Crippen molar-refractivity contribution in [2.75, 3.05) is 13.7 Å². The number of amides is 1. The maximum Gasteiger partial charge on any atom is 0.286 e. The first-order valence-electron chi connectivity index (χ1n) is 9.39. The normalized spacial score (nSPS) is 14.3. The highest BCUT2D eigenvalue weighted by atomic mass is 16.5. The van der Waals surface area contributed by atoms with E-state index in [1.165, 1.54) is 32.1 Å². The molecule has 0 bridgehead atoms. The Kier molecular flexibility index (Phi) is 6.58. The lowest BCUT2D eigenvalue weighted by Crippen LogP contribution is -2.24. The lowest BCUT2D eigenvalue weighted by Gasteiger charge is -2.09. The minimum absolute atomic E-state index is 0.167. The zero-order chi connectivity index (χ0) is 18.2. The van der Waals surface area contributed by atoms with Crippen LogP contribution in [0, 0.1) is 5.92 Å². The fourth-order valence-corrected chi connectivity index (χ4v) is 3.44. The van der Waals surface area contributed by atoms with Crippen LogP contribution in [0.5, 0.6) is 11.5 Å². The Bertz CT molecular complexity index is 704. The molecular formula is C21H27NO4. The van der Waals surface area contributed by atoms with E-state index >= 15 is 0 Å². The molecule has 0 unspecified atom stereocenters. The van der Waals surface area contributed by atoms with Gasteiger partial charge in [0, 0.05) is 6.54 Å². The summed E-state index contributed by atoms with van der Waals surface area (Å²) in [6.07, 6.45) is 7.66. The molecule has 140 valence electrons.